The number of hydrogen-bond donors (Lipinski definition) is 0. The molecule has 0 saturated heterocycles. The van der Waals surface area contributed by atoms with Gasteiger partial charge in [0.25, 0.3) is 0 Å². The van der Waals surface area contributed by atoms with Gasteiger partial charge in [0.1, 0.15) is 17.2 Å². The molecule has 0 unspecified atom stereocenters. The lowest BCUT2D eigenvalue weighted by atomic mass is 10.0. The van der Waals surface area contributed by atoms with Gasteiger partial charge in [0.15, 0.2) is 17.3 Å². The van der Waals surface area contributed by atoms with Crippen molar-refractivity contribution in [2.45, 2.75) is 45.4 Å². The molecule has 0 aliphatic rings. The number of aromatic nitrogens is 1. The molecule has 0 aliphatic carbocycles. The minimum Gasteiger partial charge on any atom is -0.493 e. The van der Waals surface area contributed by atoms with Crippen LogP contribution in [-0.4, -0.2) is 31.6 Å². The quantitative estimate of drug-likeness (QED) is 0.126. The van der Waals surface area contributed by atoms with Crippen LogP contribution in [0.4, 0.5) is 0 Å². The van der Waals surface area contributed by atoms with E-state index in [0.717, 1.165) is 18.2 Å². The Balaban J connectivity index is 1.63. The number of unbranched alkanes of at least 4 members (excludes halogenated alkanes) is 5. The van der Waals surface area contributed by atoms with Gasteiger partial charge in [-0.05, 0) is 30.7 Å². The van der Waals surface area contributed by atoms with Gasteiger partial charge >= 0.3 is 0 Å². The summed E-state index contributed by atoms with van der Waals surface area (Å²) >= 11 is 0. The summed E-state index contributed by atoms with van der Waals surface area (Å²) in [5, 5.41) is 0.738. The molecule has 38 heavy (non-hydrogen) atoms. The van der Waals surface area contributed by atoms with Gasteiger partial charge in [-0.25, -0.2) is 0 Å². The van der Waals surface area contributed by atoms with Crippen LogP contribution in [0, 0.1) is 0 Å². The zero-order chi connectivity index (χ0) is 26.7. The van der Waals surface area contributed by atoms with Gasteiger partial charge in [-0.1, -0.05) is 69.4 Å². The summed E-state index contributed by atoms with van der Waals surface area (Å²) in [6.07, 6.45) is 8.80. The average molecular weight is 514 g/mol. The van der Waals surface area contributed by atoms with Crippen LogP contribution in [0.1, 0.15) is 61.4 Å². The average Bonchev–Trinajstić information content (AvgIpc) is 2.96. The Bertz CT molecular complexity index is 1350. The maximum Gasteiger partial charge on any atom is 0.196 e. The molecular weight excluding hydrogens is 478 g/mol. The molecule has 6 heteroatoms. The minimum absolute atomic E-state index is 0.124. The largest absolute Gasteiger partial charge is 0.493 e. The normalized spacial score (nSPS) is 10.8. The number of carbonyl (C=O) groups excluding carboxylic acids is 1. The second-order valence-corrected chi connectivity index (χ2v) is 9.10. The van der Waals surface area contributed by atoms with E-state index in [1.807, 2.05) is 30.3 Å². The van der Waals surface area contributed by atoms with Crippen LogP contribution in [-0.2, 0) is 0 Å². The highest BCUT2D eigenvalue weighted by Gasteiger charge is 2.18. The van der Waals surface area contributed by atoms with Crippen molar-refractivity contribution in [3.8, 4) is 28.7 Å². The molecule has 3 aromatic carbocycles. The molecule has 0 spiro atoms. The molecule has 4 aromatic rings. The molecule has 0 bridgehead atoms. The Labute approximate surface area is 224 Å². The van der Waals surface area contributed by atoms with Crippen LogP contribution in [0.25, 0.3) is 10.9 Å². The first-order chi connectivity index (χ1) is 18.6. The predicted molar refractivity (Wildman–Crippen MR) is 150 cm³/mol. The molecule has 0 aliphatic heterocycles. The number of ketones is 1. The summed E-state index contributed by atoms with van der Waals surface area (Å²) in [6.45, 7) is 2.84. The SMILES string of the molecule is CCCCCCCCOc1ccc(C(=O)c2ccccc2)c(Oc2ccnc3cc(OC)c(OC)cc23)c1. The van der Waals surface area contributed by atoms with Crippen LogP contribution in [0.15, 0.2) is 72.9 Å². The van der Waals surface area contributed by atoms with E-state index >= 15 is 0 Å². The molecule has 0 amide bonds. The first kappa shape index (κ1) is 27.0. The van der Waals surface area contributed by atoms with Gasteiger partial charge in [0.05, 0.1) is 31.9 Å². The van der Waals surface area contributed by atoms with E-state index in [9.17, 15) is 4.79 Å². The molecule has 0 fully saturated rings. The summed E-state index contributed by atoms with van der Waals surface area (Å²) in [5.74, 6) is 2.65. The number of rotatable bonds is 14. The maximum absolute atomic E-state index is 13.4. The van der Waals surface area contributed by atoms with Gasteiger partial charge in [-0.2, -0.15) is 0 Å². The van der Waals surface area contributed by atoms with Crippen LogP contribution in [0.3, 0.4) is 0 Å². The van der Waals surface area contributed by atoms with Crippen molar-refractivity contribution in [1.82, 2.24) is 4.98 Å². The van der Waals surface area contributed by atoms with Crippen molar-refractivity contribution in [3.63, 3.8) is 0 Å². The summed E-state index contributed by atoms with van der Waals surface area (Å²) in [5.41, 5.74) is 1.73. The lowest BCUT2D eigenvalue weighted by molar-refractivity contribution is 0.103. The van der Waals surface area contributed by atoms with Crippen LogP contribution >= 0.6 is 0 Å². The van der Waals surface area contributed by atoms with E-state index in [0.29, 0.717) is 52.0 Å². The number of ether oxygens (including phenoxy) is 4. The molecule has 1 aromatic heterocycles. The summed E-state index contributed by atoms with van der Waals surface area (Å²) in [6, 6.07) is 20.0. The van der Waals surface area contributed by atoms with Crippen molar-refractivity contribution in [2.24, 2.45) is 0 Å². The van der Waals surface area contributed by atoms with Gasteiger partial charge in [0.2, 0.25) is 0 Å². The maximum atomic E-state index is 13.4. The van der Waals surface area contributed by atoms with Crippen molar-refractivity contribution in [3.05, 3.63) is 84.1 Å². The molecule has 0 atom stereocenters. The van der Waals surface area contributed by atoms with Crippen LogP contribution < -0.4 is 18.9 Å². The van der Waals surface area contributed by atoms with E-state index in [-0.39, 0.29) is 5.78 Å². The third-order valence-corrected chi connectivity index (χ3v) is 6.43. The monoisotopic (exact) mass is 513 g/mol. The smallest absolute Gasteiger partial charge is 0.196 e. The highest BCUT2D eigenvalue weighted by molar-refractivity contribution is 6.11. The van der Waals surface area contributed by atoms with Crippen molar-refractivity contribution in [2.75, 3.05) is 20.8 Å². The highest BCUT2D eigenvalue weighted by Crippen LogP contribution is 2.38. The van der Waals surface area contributed by atoms with Crippen LogP contribution in [0.2, 0.25) is 0 Å². The molecule has 0 N–H and O–H groups in total. The Kier molecular flexibility index (Phi) is 9.57. The van der Waals surface area contributed by atoms with Crippen molar-refractivity contribution >= 4 is 16.7 Å². The zero-order valence-electron chi connectivity index (χ0n) is 22.4. The number of carbonyl (C=O) groups is 1. The van der Waals surface area contributed by atoms with Gasteiger partial charge in [-0.15, -0.1) is 0 Å². The van der Waals surface area contributed by atoms with Crippen LogP contribution in [0.5, 0.6) is 28.7 Å². The summed E-state index contributed by atoms with van der Waals surface area (Å²) < 4.78 is 23.4. The Morgan fingerprint density at radius 1 is 0.763 bits per heavy atom. The van der Waals surface area contributed by atoms with Crippen molar-refractivity contribution in [1.29, 1.82) is 0 Å². The second-order valence-electron chi connectivity index (χ2n) is 9.10. The fourth-order valence-electron chi connectivity index (χ4n) is 4.34. The Morgan fingerprint density at radius 3 is 2.26 bits per heavy atom. The molecule has 198 valence electrons. The number of benzene rings is 3. The third-order valence-electron chi connectivity index (χ3n) is 6.43. The molecule has 4 rings (SSSR count). The Hall–Kier alpha value is -4.06. The lowest BCUT2D eigenvalue weighted by Crippen LogP contribution is -2.05. The van der Waals surface area contributed by atoms with E-state index in [4.69, 9.17) is 18.9 Å². The summed E-state index contributed by atoms with van der Waals surface area (Å²) in [4.78, 5) is 17.9. The molecule has 0 saturated carbocycles. The molecule has 0 radical (unpaired) electrons. The highest BCUT2D eigenvalue weighted by atomic mass is 16.5. The zero-order valence-corrected chi connectivity index (χ0v) is 22.4. The van der Waals surface area contributed by atoms with E-state index < -0.39 is 0 Å². The minimum atomic E-state index is -0.124. The van der Waals surface area contributed by atoms with Gasteiger partial charge in [0, 0.05) is 29.3 Å². The number of methoxy groups -OCH3 is 2. The molecule has 6 nitrogen and oxygen atoms in total. The number of nitrogens with zero attached hydrogens (tertiary/aromatic N) is 1. The fourth-order valence-corrected chi connectivity index (χ4v) is 4.34. The van der Waals surface area contributed by atoms with E-state index in [1.54, 1.807) is 56.8 Å². The van der Waals surface area contributed by atoms with Crippen molar-refractivity contribution < 1.29 is 23.7 Å². The number of fused-ring (bicyclic) bond motifs is 1. The van der Waals surface area contributed by atoms with Gasteiger partial charge < -0.3 is 18.9 Å². The lowest BCUT2D eigenvalue weighted by Gasteiger charge is -2.15. The first-order valence-corrected chi connectivity index (χ1v) is 13.2. The third kappa shape index (κ3) is 6.62. The summed E-state index contributed by atoms with van der Waals surface area (Å²) in [7, 11) is 3.17. The fraction of sp³-hybridized carbons (Fsp3) is 0.312. The first-order valence-electron chi connectivity index (χ1n) is 13.2. The number of pyridine rings is 1. The predicted octanol–water partition coefficient (Wildman–Crippen LogP) is 8.01. The Morgan fingerprint density at radius 2 is 1.50 bits per heavy atom. The van der Waals surface area contributed by atoms with Gasteiger partial charge in [-0.3, -0.25) is 9.78 Å². The molecular formula is C32H35NO5. The second kappa shape index (κ2) is 13.5. The molecule has 1 heterocycles. The topological polar surface area (TPSA) is 66.9 Å². The number of hydrogen-bond acceptors (Lipinski definition) is 6. The standard InChI is InChI=1S/C32H35NO5/c1-4-5-6-7-8-12-19-37-24-15-16-25(32(34)23-13-10-9-11-14-23)29(20-24)38-28-17-18-33-27-22-31(36-3)30(35-2)21-26(27)28/h9-11,13-18,20-22H,4-8,12,19H2,1-3H3. The van der Waals surface area contributed by atoms with E-state index in [1.165, 1.54) is 25.7 Å². The van der Waals surface area contributed by atoms with E-state index in [2.05, 4.69) is 11.9 Å².